The van der Waals surface area contributed by atoms with E-state index in [1.807, 2.05) is 0 Å². The molecular weight excluding hydrogens is 328 g/mol. The van der Waals surface area contributed by atoms with E-state index in [-0.39, 0.29) is 0 Å². The van der Waals surface area contributed by atoms with Gasteiger partial charge in [-0.2, -0.15) is 0 Å². The Balaban J connectivity index is 0.000000134. The zero-order valence-corrected chi connectivity index (χ0v) is 16.7. The van der Waals surface area contributed by atoms with Crippen LogP contribution in [0.5, 0.6) is 0 Å². The molecule has 0 N–H and O–H groups in total. The Kier molecular flexibility index (Phi) is 6.63. The number of rotatable bonds is 1. The summed E-state index contributed by atoms with van der Waals surface area (Å²) in [5.74, 6) is 0.899. The van der Waals surface area contributed by atoms with Crippen molar-refractivity contribution < 1.29 is 4.74 Å². The summed E-state index contributed by atoms with van der Waals surface area (Å²) in [7, 11) is 0. The lowest BCUT2D eigenvalue weighted by atomic mass is 9.91. The molecule has 144 valence electrons. The van der Waals surface area contributed by atoms with Crippen LogP contribution in [0.15, 0.2) is 42.5 Å². The first-order valence-electron chi connectivity index (χ1n) is 11.2. The van der Waals surface area contributed by atoms with Crippen molar-refractivity contribution in [3.05, 3.63) is 53.6 Å². The fourth-order valence-electron chi connectivity index (χ4n) is 5.07. The number of benzene rings is 2. The molecule has 0 radical (unpaired) electrons. The first kappa shape index (κ1) is 18.7. The van der Waals surface area contributed by atoms with Crippen LogP contribution in [0.2, 0.25) is 0 Å². The van der Waals surface area contributed by atoms with E-state index in [0.29, 0.717) is 6.10 Å². The van der Waals surface area contributed by atoms with Crippen molar-refractivity contribution in [2.75, 3.05) is 6.61 Å². The van der Waals surface area contributed by atoms with Crippen LogP contribution in [0.1, 0.15) is 75.3 Å². The van der Waals surface area contributed by atoms with Gasteiger partial charge in [0.1, 0.15) is 0 Å². The van der Waals surface area contributed by atoms with E-state index in [4.69, 9.17) is 4.74 Å². The highest BCUT2D eigenvalue weighted by Crippen LogP contribution is 2.31. The Hall–Kier alpha value is -1.60. The Morgan fingerprint density at radius 1 is 0.741 bits per heavy atom. The molecule has 0 amide bonds. The smallest absolute Gasteiger partial charge is 0.0603 e. The highest BCUT2D eigenvalue weighted by atomic mass is 16.5. The quantitative estimate of drug-likeness (QED) is 0.483. The summed E-state index contributed by atoms with van der Waals surface area (Å²) in [5, 5.41) is 2.80. The number of hydrogen-bond acceptors (Lipinski definition) is 1. The lowest BCUT2D eigenvalue weighted by Crippen LogP contribution is -2.23. The van der Waals surface area contributed by atoms with Crippen molar-refractivity contribution in [1.82, 2.24) is 0 Å². The summed E-state index contributed by atoms with van der Waals surface area (Å²) in [6, 6.07) is 13.0. The molecule has 0 aromatic heterocycles. The maximum Gasteiger partial charge on any atom is 0.0603 e. The molecule has 5 rings (SSSR count). The first-order chi connectivity index (χ1) is 13.4. The predicted molar refractivity (Wildman–Crippen MR) is 116 cm³/mol. The van der Waals surface area contributed by atoms with Crippen LogP contribution < -0.4 is 0 Å². The maximum absolute atomic E-state index is 6.00. The molecule has 1 unspecified atom stereocenters. The lowest BCUT2D eigenvalue weighted by molar-refractivity contribution is 0.0116. The second kappa shape index (κ2) is 9.55. The van der Waals surface area contributed by atoms with Crippen molar-refractivity contribution in [3.8, 4) is 0 Å². The molecule has 2 aromatic rings. The molecular formula is C26H34O. The summed E-state index contributed by atoms with van der Waals surface area (Å²) in [4.78, 5) is 0. The van der Waals surface area contributed by atoms with Crippen LogP contribution in [0.4, 0.5) is 0 Å². The van der Waals surface area contributed by atoms with Crippen molar-refractivity contribution >= 4 is 16.8 Å². The van der Waals surface area contributed by atoms with Gasteiger partial charge in [-0.25, -0.2) is 0 Å². The molecule has 2 aromatic carbocycles. The van der Waals surface area contributed by atoms with Crippen molar-refractivity contribution in [2.45, 2.75) is 76.7 Å². The van der Waals surface area contributed by atoms with Crippen LogP contribution in [-0.4, -0.2) is 12.7 Å². The van der Waals surface area contributed by atoms with Gasteiger partial charge in [0.05, 0.1) is 6.10 Å². The largest absolute Gasteiger partial charge is 0.378 e. The first-order valence-corrected chi connectivity index (χ1v) is 11.2. The van der Waals surface area contributed by atoms with Crippen LogP contribution in [0, 0.1) is 5.92 Å². The van der Waals surface area contributed by atoms with E-state index < -0.39 is 0 Å². The molecule has 3 aliphatic rings. The molecule has 1 heteroatoms. The highest BCUT2D eigenvalue weighted by Gasteiger charge is 2.24. The Morgan fingerprint density at radius 3 is 2.33 bits per heavy atom. The van der Waals surface area contributed by atoms with E-state index in [2.05, 4.69) is 48.6 Å². The summed E-state index contributed by atoms with van der Waals surface area (Å²) in [6.07, 6.45) is 20.3. The summed E-state index contributed by atoms with van der Waals surface area (Å²) >= 11 is 0. The summed E-state index contributed by atoms with van der Waals surface area (Å²) in [6.45, 7) is 1.03. The molecule has 2 aliphatic carbocycles. The van der Waals surface area contributed by atoms with E-state index >= 15 is 0 Å². The van der Waals surface area contributed by atoms with Crippen LogP contribution in [0.25, 0.3) is 16.8 Å². The molecule has 1 aliphatic heterocycles. The third-order valence-electron chi connectivity index (χ3n) is 6.55. The molecule has 0 bridgehead atoms. The second-order valence-electron chi connectivity index (χ2n) is 8.48. The molecule has 27 heavy (non-hydrogen) atoms. The van der Waals surface area contributed by atoms with Gasteiger partial charge in [0.25, 0.3) is 0 Å². The van der Waals surface area contributed by atoms with Gasteiger partial charge in [-0.3, -0.25) is 0 Å². The average molecular weight is 363 g/mol. The van der Waals surface area contributed by atoms with E-state index in [1.54, 1.807) is 0 Å². The Bertz CT molecular complexity index is 721. The zero-order valence-electron chi connectivity index (χ0n) is 16.7. The van der Waals surface area contributed by atoms with Gasteiger partial charge in [0, 0.05) is 6.61 Å². The van der Waals surface area contributed by atoms with E-state index in [0.717, 1.165) is 18.9 Å². The van der Waals surface area contributed by atoms with Gasteiger partial charge >= 0.3 is 0 Å². The minimum absolute atomic E-state index is 0.621. The number of allylic oxidation sites excluding steroid dienone is 1. The Morgan fingerprint density at radius 2 is 1.48 bits per heavy atom. The van der Waals surface area contributed by atoms with Crippen LogP contribution in [-0.2, 0) is 11.2 Å². The fraction of sp³-hybridized carbons (Fsp3) is 0.538. The predicted octanol–water partition coefficient (Wildman–Crippen LogP) is 7.33. The average Bonchev–Trinajstić information content (AvgIpc) is 3.15. The normalized spacial score (nSPS) is 23.2. The zero-order chi connectivity index (χ0) is 18.3. The van der Waals surface area contributed by atoms with Crippen molar-refractivity contribution in [3.63, 3.8) is 0 Å². The Labute approximate surface area is 164 Å². The number of ether oxygens (including phenoxy) is 1. The minimum Gasteiger partial charge on any atom is -0.378 e. The number of hydrogen-bond donors (Lipinski definition) is 0. The van der Waals surface area contributed by atoms with Crippen LogP contribution >= 0.6 is 0 Å². The molecule has 2 fully saturated rings. The lowest BCUT2D eigenvalue weighted by Gasteiger charge is -2.24. The van der Waals surface area contributed by atoms with Crippen molar-refractivity contribution in [2.24, 2.45) is 5.92 Å². The van der Waals surface area contributed by atoms with Gasteiger partial charge in [0.2, 0.25) is 0 Å². The summed E-state index contributed by atoms with van der Waals surface area (Å²) < 4.78 is 6.00. The second-order valence-corrected chi connectivity index (χ2v) is 8.48. The SMILES string of the molecule is C1=Cc2cccc3cccc(c23)C1.C1CCCC(C2CCCCCO2)CC1. The topological polar surface area (TPSA) is 9.23 Å². The molecule has 1 atom stereocenters. The van der Waals surface area contributed by atoms with E-state index in [1.165, 1.54) is 86.1 Å². The molecule has 1 saturated carbocycles. The van der Waals surface area contributed by atoms with Crippen LogP contribution in [0.3, 0.4) is 0 Å². The molecule has 1 saturated heterocycles. The monoisotopic (exact) mass is 362 g/mol. The highest BCUT2D eigenvalue weighted by molar-refractivity contribution is 5.94. The molecule has 1 nitrogen and oxygen atoms in total. The third-order valence-corrected chi connectivity index (χ3v) is 6.55. The van der Waals surface area contributed by atoms with Gasteiger partial charge in [-0.1, -0.05) is 87.1 Å². The fourth-order valence-corrected chi connectivity index (χ4v) is 5.07. The van der Waals surface area contributed by atoms with Gasteiger partial charge in [-0.05, 0) is 59.9 Å². The van der Waals surface area contributed by atoms with Crippen molar-refractivity contribution in [1.29, 1.82) is 0 Å². The van der Waals surface area contributed by atoms with E-state index in [9.17, 15) is 0 Å². The van der Waals surface area contributed by atoms with Gasteiger partial charge < -0.3 is 4.74 Å². The third kappa shape index (κ3) is 4.82. The molecule has 1 heterocycles. The minimum atomic E-state index is 0.621. The standard InChI is InChI=1S/C13H24O.C13H10/c1-2-5-9-12(8-4-1)13-10-6-3-7-11-14-13;1-4-10-6-2-8-12-9-3-7-11(5-1)13(10)12/h12-13H,1-11H2;1-8H,9H2. The van der Waals surface area contributed by atoms with Gasteiger partial charge in [-0.15, -0.1) is 0 Å². The maximum atomic E-state index is 6.00. The van der Waals surface area contributed by atoms with Gasteiger partial charge in [0.15, 0.2) is 0 Å². The molecule has 0 spiro atoms. The summed E-state index contributed by atoms with van der Waals surface area (Å²) in [5.41, 5.74) is 2.81.